The summed E-state index contributed by atoms with van der Waals surface area (Å²) in [6, 6.07) is 14.9. The Balaban J connectivity index is 1.53. The van der Waals surface area contributed by atoms with E-state index in [0.717, 1.165) is 16.3 Å². The van der Waals surface area contributed by atoms with Gasteiger partial charge in [0, 0.05) is 35.1 Å². The van der Waals surface area contributed by atoms with Gasteiger partial charge in [-0.25, -0.2) is 8.42 Å². The molecule has 1 atom stereocenters. The Morgan fingerprint density at radius 1 is 1.24 bits per heavy atom. The van der Waals surface area contributed by atoms with Crippen molar-refractivity contribution in [1.29, 1.82) is 5.26 Å². The van der Waals surface area contributed by atoms with Gasteiger partial charge in [-0.1, -0.05) is 41.9 Å². The van der Waals surface area contributed by atoms with Crippen LogP contribution in [-0.2, 0) is 26.8 Å². The highest BCUT2D eigenvalue weighted by Gasteiger charge is 2.51. The number of nitrogens with one attached hydrogen (secondary N) is 1. The Hall–Kier alpha value is -2.99. The number of benzene rings is 2. The SMILES string of the molecule is CC1(C(=O)Nc2cncc3ccccc23)CN(S(=O)(=O)CC2(C#N)CC2)Cc2ccc(Cl)cc21. The number of rotatable bonds is 5. The van der Waals surface area contributed by atoms with Crippen molar-refractivity contribution in [2.45, 2.75) is 31.7 Å². The number of carbonyl (C=O) groups excluding carboxylic acids is 1. The molecule has 2 heterocycles. The molecule has 1 N–H and O–H groups in total. The summed E-state index contributed by atoms with van der Waals surface area (Å²) in [5.74, 6) is -0.583. The van der Waals surface area contributed by atoms with E-state index in [1.165, 1.54) is 4.31 Å². The van der Waals surface area contributed by atoms with Crippen LogP contribution < -0.4 is 5.32 Å². The van der Waals surface area contributed by atoms with E-state index in [2.05, 4.69) is 16.4 Å². The van der Waals surface area contributed by atoms with Crippen molar-refractivity contribution in [2.75, 3.05) is 17.6 Å². The highest BCUT2D eigenvalue weighted by molar-refractivity contribution is 7.89. The lowest BCUT2D eigenvalue weighted by Gasteiger charge is -2.40. The number of nitrogens with zero attached hydrogens (tertiary/aromatic N) is 3. The van der Waals surface area contributed by atoms with E-state index in [-0.39, 0.29) is 24.7 Å². The number of halogens is 1. The predicted molar refractivity (Wildman–Crippen MR) is 131 cm³/mol. The quantitative estimate of drug-likeness (QED) is 0.571. The molecule has 3 aromatic rings. The lowest BCUT2D eigenvalue weighted by molar-refractivity contribution is -0.121. The summed E-state index contributed by atoms with van der Waals surface area (Å²) in [4.78, 5) is 18.0. The Morgan fingerprint density at radius 3 is 2.74 bits per heavy atom. The highest BCUT2D eigenvalue weighted by Crippen LogP contribution is 2.47. The van der Waals surface area contributed by atoms with Crippen molar-refractivity contribution in [3.8, 4) is 6.07 Å². The number of sulfonamides is 1. The fraction of sp³-hybridized carbons (Fsp3) is 0.320. The van der Waals surface area contributed by atoms with Gasteiger partial charge in [-0.3, -0.25) is 9.78 Å². The molecular weight excluding hydrogens is 472 g/mol. The third-order valence-electron chi connectivity index (χ3n) is 6.87. The second kappa shape index (κ2) is 8.05. The molecule has 34 heavy (non-hydrogen) atoms. The van der Waals surface area contributed by atoms with Gasteiger partial charge in [-0.2, -0.15) is 9.57 Å². The maximum atomic E-state index is 13.8. The number of hydrogen-bond acceptors (Lipinski definition) is 5. The summed E-state index contributed by atoms with van der Waals surface area (Å²) in [6.45, 7) is 1.82. The first-order valence-corrected chi connectivity index (χ1v) is 13.0. The molecule has 5 rings (SSSR count). The highest BCUT2D eigenvalue weighted by atomic mass is 35.5. The van der Waals surface area contributed by atoms with Crippen LogP contribution in [-0.4, -0.2) is 35.9 Å². The fourth-order valence-electron chi connectivity index (χ4n) is 4.63. The topological polar surface area (TPSA) is 103 Å². The lowest BCUT2D eigenvalue weighted by atomic mass is 9.76. The van der Waals surface area contributed by atoms with Gasteiger partial charge in [-0.15, -0.1) is 0 Å². The molecule has 9 heteroatoms. The average Bonchev–Trinajstić information content (AvgIpc) is 3.59. The van der Waals surface area contributed by atoms with Crippen LogP contribution in [0.3, 0.4) is 0 Å². The first-order chi connectivity index (χ1) is 16.2. The van der Waals surface area contributed by atoms with E-state index in [1.54, 1.807) is 37.5 Å². The zero-order valence-electron chi connectivity index (χ0n) is 18.6. The van der Waals surface area contributed by atoms with Gasteiger partial charge in [-0.05, 0) is 43.0 Å². The van der Waals surface area contributed by atoms with Crippen LogP contribution in [0.5, 0.6) is 0 Å². The first-order valence-electron chi connectivity index (χ1n) is 11.0. The van der Waals surface area contributed by atoms with E-state index in [0.29, 0.717) is 29.1 Å². The Labute approximate surface area is 203 Å². The molecule has 174 valence electrons. The molecule has 1 aliphatic heterocycles. The second-order valence-corrected chi connectivity index (χ2v) is 11.8. The van der Waals surface area contributed by atoms with Crippen molar-refractivity contribution in [3.05, 3.63) is 71.0 Å². The number of anilines is 1. The number of pyridine rings is 1. The molecule has 7 nitrogen and oxygen atoms in total. The molecule has 1 aromatic heterocycles. The minimum Gasteiger partial charge on any atom is -0.323 e. The Kier molecular flexibility index (Phi) is 5.40. The maximum Gasteiger partial charge on any atom is 0.236 e. The first kappa shape index (κ1) is 22.8. The molecule has 1 aliphatic carbocycles. The summed E-state index contributed by atoms with van der Waals surface area (Å²) in [7, 11) is -3.77. The Bertz CT molecular complexity index is 1460. The van der Waals surface area contributed by atoms with Gasteiger partial charge < -0.3 is 5.32 Å². The standard InChI is InChI=1S/C25H23ClN4O3S/c1-24(23(31)29-22-12-28-11-17-4-2-3-5-20(17)22)15-30(13-18-6-7-19(26)10-21(18)24)34(32,33)16-25(14-27)8-9-25/h2-7,10-12H,8-9,13,15-16H2,1H3,(H,29,31). The monoisotopic (exact) mass is 494 g/mol. The van der Waals surface area contributed by atoms with E-state index in [1.807, 2.05) is 24.3 Å². The van der Waals surface area contributed by atoms with Crippen molar-refractivity contribution in [2.24, 2.45) is 5.41 Å². The third kappa shape index (κ3) is 3.94. The molecule has 0 spiro atoms. The van der Waals surface area contributed by atoms with Crippen molar-refractivity contribution in [3.63, 3.8) is 0 Å². The molecule has 2 aliphatic rings. The van der Waals surface area contributed by atoms with E-state index < -0.39 is 20.9 Å². The predicted octanol–water partition coefficient (Wildman–Crippen LogP) is 4.23. The summed E-state index contributed by atoms with van der Waals surface area (Å²) in [6.07, 6.45) is 4.46. The molecule has 1 amide bonds. The smallest absolute Gasteiger partial charge is 0.236 e. The van der Waals surface area contributed by atoms with Gasteiger partial charge in [0.2, 0.25) is 15.9 Å². The van der Waals surface area contributed by atoms with Crippen LogP contribution in [0.2, 0.25) is 5.02 Å². The van der Waals surface area contributed by atoms with Crippen LogP contribution in [0.25, 0.3) is 10.8 Å². The Morgan fingerprint density at radius 2 is 2.00 bits per heavy atom. The summed E-state index contributed by atoms with van der Waals surface area (Å²) in [5.41, 5.74) is -0.0549. The maximum absolute atomic E-state index is 13.8. The van der Waals surface area contributed by atoms with Crippen LogP contribution in [0, 0.1) is 16.7 Å². The van der Waals surface area contributed by atoms with E-state index in [9.17, 15) is 18.5 Å². The summed E-state index contributed by atoms with van der Waals surface area (Å²) in [5, 5.41) is 14.6. The van der Waals surface area contributed by atoms with Gasteiger partial charge in [0.15, 0.2) is 0 Å². The van der Waals surface area contributed by atoms with E-state index >= 15 is 0 Å². The number of nitriles is 1. The van der Waals surface area contributed by atoms with Crippen LogP contribution in [0.15, 0.2) is 54.9 Å². The molecule has 1 unspecified atom stereocenters. The summed E-state index contributed by atoms with van der Waals surface area (Å²) >= 11 is 6.28. The van der Waals surface area contributed by atoms with Gasteiger partial charge in [0.05, 0.1) is 34.5 Å². The molecule has 0 radical (unpaired) electrons. The minimum absolute atomic E-state index is 0.0474. The molecule has 2 aromatic carbocycles. The van der Waals surface area contributed by atoms with Gasteiger partial charge in [0.1, 0.15) is 0 Å². The normalized spacial score (nSPS) is 21.4. The van der Waals surface area contributed by atoms with Gasteiger partial charge in [0.25, 0.3) is 0 Å². The number of amides is 1. The average molecular weight is 495 g/mol. The zero-order valence-corrected chi connectivity index (χ0v) is 20.2. The molecule has 1 saturated carbocycles. The van der Waals surface area contributed by atoms with E-state index in [4.69, 9.17) is 11.6 Å². The van der Waals surface area contributed by atoms with Gasteiger partial charge >= 0.3 is 0 Å². The van der Waals surface area contributed by atoms with Crippen LogP contribution in [0.1, 0.15) is 30.9 Å². The number of fused-ring (bicyclic) bond motifs is 2. The summed E-state index contributed by atoms with van der Waals surface area (Å²) < 4.78 is 28.0. The fourth-order valence-corrected chi connectivity index (χ4v) is 6.83. The molecule has 0 saturated heterocycles. The molecular formula is C25H23ClN4O3S. The van der Waals surface area contributed by atoms with Crippen LogP contribution in [0.4, 0.5) is 5.69 Å². The van der Waals surface area contributed by atoms with Crippen LogP contribution >= 0.6 is 11.6 Å². The number of aromatic nitrogens is 1. The minimum atomic E-state index is -3.77. The van der Waals surface area contributed by atoms with Crippen molar-refractivity contribution < 1.29 is 13.2 Å². The third-order valence-corrected chi connectivity index (χ3v) is 9.06. The van der Waals surface area contributed by atoms with Crippen molar-refractivity contribution >= 4 is 44.0 Å². The number of carbonyl (C=O) groups is 1. The molecule has 1 fully saturated rings. The molecule has 0 bridgehead atoms. The number of hydrogen-bond donors (Lipinski definition) is 1. The largest absolute Gasteiger partial charge is 0.323 e. The zero-order chi connectivity index (χ0) is 24.1. The van der Waals surface area contributed by atoms with Crippen molar-refractivity contribution in [1.82, 2.24) is 9.29 Å². The lowest BCUT2D eigenvalue weighted by Crippen LogP contribution is -2.53. The second-order valence-electron chi connectivity index (χ2n) is 9.41.